The standard InChI is InChI=1S/C15H23ClN2O2/c1-11(2)18(10-12(3)19)9-8-15(20)17-14-7-5-4-6-13(14)16/h4-7,11-12,19H,8-10H2,1-3H3,(H,17,20)/t12-/m0/s1. The van der Waals surface area contributed by atoms with Gasteiger partial charge in [-0.15, -0.1) is 0 Å². The van der Waals surface area contributed by atoms with Gasteiger partial charge in [0.1, 0.15) is 0 Å². The summed E-state index contributed by atoms with van der Waals surface area (Å²) >= 11 is 5.99. The van der Waals surface area contributed by atoms with Crippen molar-refractivity contribution < 1.29 is 9.90 Å². The Labute approximate surface area is 125 Å². The van der Waals surface area contributed by atoms with Crippen LogP contribution in [0.4, 0.5) is 5.69 Å². The fourth-order valence-electron chi connectivity index (χ4n) is 1.92. The van der Waals surface area contributed by atoms with Crippen LogP contribution in [-0.4, -0.2) is 41.1 Å². The molecule has 0 spiro atoms. The lowest BCUT2D eigenvalue weighted by Gasteiger charge is -2.27. The van der Waals surface area contributed by atoms with Crippen molar-refractivity contribution in [3.63, 3.8) is 0 Å². The summed E-state index contributed by atoms with van der Waals surface area (Å²) in [6, 6.07) is 7.45. The van der Waals surface area contributed by atoms with Gasteiger partial charge in [-0.2, -0.15) is 0 Å². The molecule has 4 nitrogen and oxygen atoms in total. The summed E-state index contributed by atoms with van der Waals surface area (Å²) in [5, 5.41) is 12.8. The van der Waals surface area contributed by atoms with Crippen LogP contribution in [0.5, 0.6) is 0 Å². The fourth-order valence-corrected chi connectivity index (χ4v) is 2.10. The number of halogens is 1. The second kappa shape index (κ2) is 8.25. The first-order valence-electron chi connectivity index (χ1n) is 6.86. The van der Waals surface area contributed by atoms with Gasteiger partial charge < -0.3 is 10.4 Å². The number of hydrogen-bond acceptors (Lipinski definition) is 3. The number of nitrogens with zero attached hydrogens (tertiary/aromatic N) is 1. The van der Waals surface area contributed by atoms with Gasteiger partial charge in [0, 0.05) is 25.6 Å². The summed E-state index contributed by atoms with van der Waals surface area (Å²) in [6.07, 6.45) is -0.0279. The zero-order valence-corrected chi connectivity index (χ0v) is 13.0. The minimum Gasteiger partial charge on any atom is -0.392 e. The summed E-state index contributed by atoms with van der Waals surface area (Å²) < 4.78 is 0. The van der Waals surface area contributed by atoms with Gasteiger partial charge in [-0.05, 0) is 32.9 Å². The molecule has 2 N–H and O–H groups in total. The number of para-hydroxylation sites is 1. The van der Waals surface area contributed by atoms with E-state index in [4.69, 9.17) is 11.6 Å². The number of hydrogen-bond donors (Lipinski definition) is 2. The first-order chi connectivity index (χ1) is 9.40. The van der Waals surface area contributed by atoms with E-state index in [1.165, 1.54) is 0 Å². The highest BCUT2D eigenvalue weighted by molar-refractivity contribution is 6.33. The van der Waals surface area contributed by atoms with Gasteiger partial charge in [0.05, 0.1) is 16.8 Å². The summed E-state index contributed by atoms with van der Waals surface area (Å²) in [4.78, 5) is 14.0. The first-order valence-corrected chi connectivity index (χ1v) is 7.24. The summed E-state index contributed by atoms with van der Waals surface area (Å²) in [5.41, 5.74) is 0.630. The SMILES string of the molecule is CC(C)N(CCC(=O)Nc1ccccc1Cl)C[C@H](C)O. The lowest BCUT2D eigenvalue weighted by Crippen LogP contribution is -2.38. The molecule has 0 aliphatic carbocycles. The molecule has 0 radical (unpaired) electrons. The Morgan fingerprint density at radius 1 is 1.35 bits per heavy atom. The molecule has 0 bridgehead atoms. The van der Waals surface area contributed by atoms with E-state index in [2.05, 4.69) is 10.2 Å². The predicted octanol–water partition coefficient (Wildman–Crippen LogP) is 2.76. The molecule has 1 rings (SSSR count). The smallest absolute Gasteiger partial charge is 0.225 e. The molecule has 0 aliphatic rings. The van der Waals surface area contributed by atoms with E-state index in [1.54, 1.807) is 19.1 Å². The maximum atomic E-state index is 11.9. The molecule has 0 fully saturated rings. The van der Waals surface area contributed by atoms with E-state index in [0.29, 0.717) is 30.2 Å². The van der Waals surface area contributed by atoms with Gasteiger partial charge in [0.15, 0.2) is 0 Å². The molecule has 1 amide bonds. The molecule has 1 aromatic rings. The van der Waals surface area contributed by atoms with Crippen LogP contribution >= 0.6 is 11.6 Å². The van der Waals surface area contributed by atoms with E-state index in [0.717, 1.165) is 0 Å². The maximum absolute atomic E-state index is 11.9. The van der Waals surface area contributed by atoms with Crippen molar-refractivity contribution in [3.05, 3.63) is 29.3 Å². The Balaban J connectivity index is 2.48. The maximum Gasteiger partial charge on any atom is 0.225 e. The number of aliphatic hydroxyl groups is 1. The van der Waals surface area contributed by atoms with Gasteiger partial charge >= 0.3 is 0 Å². The number of nitrogens with one attached hydrogen (secondary N) is 1. The third-order valence-electron chi connectivity index (χ3n) is 3.00. The zero-order valence-electron chi connectivity index (χ0n) is 12.3. The molecule has 0 aromatic heterocycles. The van der Waals surface area contributed by atoms with E-state index in [-0.39, 0.29) is 11.9 Å². The summed E-state index contributed by atoms with van der Waals surface area (Å²) in [7, 11) is 0. The van der Waals surface area contributed by atoms with Crippen molar-refractivity contribution in [2.75, 3.05) is 18.4 Å². The van der Waals surface area contributed by atoms with Gasteiger partial charge in [-0.1, -0.05) is 23.7 Å². The van der Waals surface area contributed by atoms with Crippen LogP contribution in [0.3, 0.4) is 0 Å². The van der Waals surface area contributed by atoms with Crippen molar-refractivity contribution in [1.82, 2.24) is 4.90 Å². The number of carbonyl (C=O) groups is 1. The molecule has 0 saturated heterocycles. The van der Waals surface area contributed by atoms with Gasteiger partial charge in [-0.3, -0.25) is 9.69 Å². The van der Waals surface area contributed by atoms with Gasteiger partial charge in [0.2, 0.25) is 5.91 Å². The average Bonchev–Trinajstić information content (AvgIpc) is 2.36. The number of aliphatic hydroxyl groups excluding tert-OH is 1. The lowest BCUT2D eigenvalue weighted by molar-refractivity contribution is -0.116. The molecular formula is C15H23ClN2O2. The first kappa shape index (κ1) is 17.0. The molecule has 1 aromatic carbocycles. The minimum atomic E-state index is -0.399. The molecule has 0 unspecified atom stereocenters. The predicted molar refractivity (Wildman–Crippen MR) is 83.1 cm³/mol. The Hall–Kier alpha value is -1.10. The summed E-state index contributed by atoms with van der Waals surface area (Å²) in [5.74, 6) is -0.0747. The number of amides is 1. The number of rotatable bonds is 7. The van der Waals surface area contributed by atoms with E-state index in [9.17, 15) is 9.90 Å². The van der Waals surface area contributed by atoms with Crippen molar-refractivity contribution >= 4 is 23.2 Å². The number of benzene rings is 1. The fraction of sp³-hybridized carbons (Fsp3) is 0.533. The molecule has 0 saturated carbocycles. The van der Waals surface area contributed by atoms with Gasteiger partial charge in [0.25, 0.3) is 0 Å². The van der Waals surface area contributed by atoms with Crippen LogP contribution in [0.25, 0.3) is 0 Å². The van der Waals surface area contributed by atoms with Crippen LogP contribution in [-0.2, 0) is 4.79 Å². The number of carbonyl (C=O) groups excluding carboxylic acids is 1. The molecule has 5 heteroatoms. The van der Waals surface area contributed by atoms with Crippen LogP contribution in [0.15, 0.2) is 24.3 Å². The van der Waals surface area contributed by atoms with Crippen molar-refractivity contribution in [2.24, 2.45) is 0 Å². The molecule has 0 aliphatic heterocycles. The van der Waals surface area contributed by atoms with E-state index >= 15 is 0 Å². The highest BCUT2D eigenvalue weighted by Gasteiger charge is 2.14. The third kappa shape index (κ3) is 5.90. The van der Waals surface area contributed by atoms with Crippen LogP contribution < -0.4 is 5.32 Å². The Kier molecular flexibility index (Phi) is 6.99. The highest BCUT2D eigenvalue weighted by atomic mass is 35.5. The molecule has 0 heterocycles. The van der Waals surface area contributed by atoms with Crippen molar-refractivity contribution in [1.29, 1.82) is 0 Å². The zero-order chi connectivity index (χ0) is 15.1. The van der Waals surface area contributed by atoms with Crippen molar-refractivity contribution in [2.45, 2.75) is 39.3 Å². The quantitative estimate of drug-likeness (QED) is 0.814. The van der Waals surface area contributed by atoms with Crippen LogP contribution in [0, 0.1) is 0 Å². The highest BCUT2D eigenvalue weighted by Crippen LogP contribution is 2.20. The third-order valence-corrected chi connectivity index (χ3v) is 3.33. The van der Waals surface area contributed by atoms with Crippen LogP contribution in [0.1, 0.15) is 27.2 Å². The minimum absolute atomic E-state index is 0.0747. The van der Waals surface area contributed by atoms with E-state index in [1.807, 2.05) is 26.0 Å². The topological polar surface area (TPSA) is 52.6 Å². The summed E-state index contributed by atoms with van der Waals surface area (Å²) in [6.45, 7) is 7.03. The lowest BCUT2D eigenvalue weighted by atomic mass is 10.2. The molecule has 1 atom stereocenters. The Morgan fingerprint density at radius 3 is 2.55 bits per heavy atom. The largest absolute Gasteiger partial charge is 0.392 e. The van der Waals surface area contributed by atoms with Crippen molar-refractivity contribution in [3.8, 4) is 0 Å². The van der Waals surface area contributed by atoms with E-state index < -0.39 is 6.10 Å². The van der Waals surface area contributed by atoms with Gasteiger partial charge in [-0.25, -0.2) is 0 Å². The second-order valence-electron chi connectivity index (χ2n) is 5.22. The van der Waals surface area contributed by atoms with Crippen LogP contribution in [0.2, 0.25) is 5.02 Å². The molecular weight excluding hydrogens is 276 g/mol. The Bertz CT molecular complexity index is 436. The monoisotopic (exact) mass is 298 g/mol. The Morgan fingerprint density at radius 2 is 2.00 bits per heavy atom. The second-order valence-corrected chi connectivity index (χ2v) is 5.62. The number of anilines is 1. The normalized spacial score (nSPS) is 12.8. The molecule has 112 valence electrons. The molecule has 20 heavy (non-hydrogen) atoms. The average molecular weight is 299 g/mol.